The molecule has 0 fully saturated rings. The molecule has 0 unspecified atom stereocenters. The molecule has 0 saturated carbocycles. The van der Waals surface area contributed by atoms with Gasteiger partial charge < -0.3 is 0 Å². The van der Waals surface area contributed by atoms with Crippen LogP contribution in [0.4, 0.5) is 5.69 Å². The number of nitrogens with zero attached hydrogens (tertiary/aromatic N) is 1. The van der Waals surface area contributed by atoms with Crippen molar-refractivity contribution in [2.45, 2.75) is 19.8 Å². The van der Waals surface area contributed by atoms with Crippen LogP contribution in [0.15, 0.2) is 18.5 Å². The number of sulfonamides is 1. The Kier molecular flexibility index (Phi) is 5.02. The van der Waals surface area contributed by atoms with E-state index >= 15 is 0 Å². The monoisotopic (exact) mass is 262 g/mol. The van der Waals surface area contributed by atoms with E-state index in [1.54, 1.807) is 12.3 Å². The zero-order chi connectivity index (χ0) is 12.0. The molecule has 0 saturated heterocycles. The predicted octanol–water partition coefficient (Wildman–Crippen LogP) is 2.15. The molecule has 0 atom stereocenters. The summed E-state index contributed by atoms with van der Waals surface area (Å²) in [6, 6.07) is 1.74. The Bertz CT molecular complexity index is 434. The van der Waals surface area contributed by atoms with E-state index < -0.39 is 10.0 Å². The Labute approximate surface area is 101 Å². The third kappa shape index (κ3) is 4.81. The minimum absolute atomic E-state index is 0.0909. The molecule has 90 valence electrons. The first-order valence-electron chi connectivity index (χ1n) is 5.01. The number of nitrogens with one attached hydrogen (secondary N) is 1. The Morgan fingerprint density at radius 1 is 1.38 bits per heavy atom. The van der Waals surface area contributed by atoms with Crippen LogP contribution in [0, 0.1) is 6.92 Å². The second-order valence-corrected chi connectivity index (χ2v) is 5.79. The van der Waals surface area contributed by atoms with E-state index in [2.05, 4.69) is 9.71 Å². The molecule has 0 aliphatic rings. The van der Waals surface area contributed by atoms with Crippen molar-refractivity contribution in [2.75, 3.05) is 16.4 Å². The summed E-state index contributed by atoms with van der Waals surface area (Å²) in [5.41, 5.74) is 1.42. The number of hydrogen-bond acceptors (Lipinski definition) is 3. The number of rotatable bonds is 6. The molecule has 1 rings (SSSR count). The number of alkyl halides is 1. The highest BCUT2D eigenvalue weighted by atomic mass is 35.5. The van der Waals surface area contributed by atoms with Crippen molar-refractivity contribution in [3.8, 4) is 0 Å². The number of unbranched alkanes of at least 4 members (excludes halogenated alkanes) is 1. The number of halogens is 1. The van der Waals surface area contributed by atoms with Crippen molar-refractivity contribution in [1.29, 1.82) is 0 Å². The average molecular weight is 263 g/mol. The smallest absolute Gasteiger partial charge is 0.232 e. The van der Waals surface area contributed by atoms with E-state index in [9.17, 15) is 8.42 Å². The third-order valence-corrected chi connectivity index (χ3v) is 3.59. The summed E-state index contributed by atoms with van der Waals surface area (Å²) in [7, 11) is -3.27. The summed E-state index contributed by atoms with van der Waals surface area (Å²) < 4.78 is 25.7. The van der Waals surface area contributed by atoms with Crippen LogP contribution in [-0.2, 0) is 10.0 Å². The maximum Gasteiger partial charge on any atom is 0.232 e. The largest absolute Gasteiger partial charge is 0.282 e. The zero-order valence-electron chi connectivity index (χ0n) is 9.11. The van der Waals surface area contributed by atoms with Gasteiger partial charge in [-0.15, -0.1) is 11.6 Å². The van der Waals surface area contributed by atoms with Gasteiger partial charge in [0.15, 0.2) is 0 Å². The van der Waals surface area contributed by atoms with Crippen molar-refractivity contribution >= 4 is 27.3 Å². The number of pyridine rings is 1. The predicted molar refractivity (Wildman–Crippen MR) is 66.3 cm³/mol. The van der Waals surface area contributed by atoms with Crippen LogP contribution in [0.5, 0.6) is 0 Å². The number of anilines is 1. The molecule has 0 amide bonds. The third-order valence-electron chi connectivity index (χ3n) is 1.95. The lowest BCUT2D eigenvalue weighted by molar-refractivity contribution is 0.598. The van der Waals surface area contributed by atoms with Crippen molar-refractivity contribution in [3.05, 3.63) is 24.0 Å². The van der Waals surface area contributed by atoms with E-state index in [-0.39, 0.29) is 5.75 Å². The van der Waals surface area contributed by atoms with Gasteiger partial charge >= 0.3 is 0 Å². The van der Waals surface area contributed by atoms with Gasteiger partial charge in [-0.2, -0.15) is 0 Å². The highest BCUT2D eigenvalue weighted by Gasteiger charge is 2.09. The van der Waals surface area contributed by atoms with Crippen molar-refractivity contribution < 1.29 is 8.42 Å². The SMILES string of the molecule is Cc1cncc(NS(=O)(=O)CCCCCl)c1. The summed E-state index contributed by atoms with van der Waals surface area (Å²) in [6.45, 7) is 1.86. The summed E-state index contributed by atoms with van der Waals surface area (Å²) in [4.78, 5) is 3.92. The molecular weight excluding hydrogens is 248 g/mol. The standard InChI is InChI=1S/C10H15ClN2O2S/c1-9-6-10(8-12-7-9)13-16(14,15)5-3-2-4-11/h6-8,13H,2-5H2,1H3. The van der Waals surface area contributed by atoms with Gasteiger partial charge in [-0.3, -0.25) is 9.71 Å². The summed E-state index contributed by atoms with van der Waals surface area (Å²) in [6.07, 6.45) is 4.43. The first-order valence-corrected chi connectivity index (χ1v) is 7.20. The minimum atomic E-state index is -3.27. The normalized spacial score (nSPS) is 11.4. The fourth-order valence-corrected chi connectivity index (χ4v) is 2.57. The van der Waals surface area contributed by atoms with Crippen molar-refractivity contribution in [1.82, 2.24) is 4.98 Å². The van der Waals surface area contributed by atoms with E-state index in [0.29, 0.717) is 24.4 Å². The molecule has 0 aromatic carbocycles. The van der Waals surface area contributed by atoms with Crippen LogP contribution in [0.2, 0.25) is 0 Å². The summed E-state index contributed by atoms with van der Waals surface area (Å²) >= 11 is 5.49. The zero-order valence-corrected chi connectivity index (χ0v) is 10.7. The molecule has 1 aromatic rings. The number of aryl methyl sites for hydroxylation is 1. The molecule has 4 nitrogen and oxygen atoms in total. The summed E-state index contributed by atoms with van der Waals surface area (Å²) in [5.74, 6) is 0.579. The fourth-order valence-electron chi connectivity index (χ4n) is 1.23. The average Bonchev–Trinajstić information content (AvgIpc) is 2.17. The highest BCUT2D eigenvalue weighted by molar-refractivity contribution is 7.92. The molecule has 6 heteroatoms. The lowest BCUT2D eigenvalue weighted by Crippen LogP contribution is -2.16. The van der Waals surface area contributed by atoms with Gasteiger partial charge in [0, 0.05) is 12.1 Å². The summed E-state index contributed by atoms with van der Waals surface area (Å²) in [5, 5.41) is 0. The first kappa shape index (κ1) is 13.3. The van der Waals surface area contributed by atoms with Crippen LogP contribution in [0.25, 0.3) is 0 Å². The highest BCUT2D eigenvalue weighted by Crippen LogP contribution is 2.10. The van der Waals surface area contributed by atoms with Crippen LogP contribution < -0.4 is 4.72 Å². The van der Waals surface area contributed by atoms with Gasteiger partial charge in [-0.05, 0) is 31.4 Å². The molecule has 0 bridgehead atoms. The minimum Gasteiger partial charge on any atom is -0.282 e. The molecule has 0 spiro atoms. The van der Waals surface area contributed by atoms with Gasteiger partial charge in [-0.1, -0.05) is 0 Å². The van der Waals surface area contributed by atoms with Gasteiger partial charge in [0.2, 0.25) is 10.0 Å². The maximum absolute atomic E-state index is 11.6. The van der Waals surface area contributed by atoms with Gasteiger partial charge in [-0.25, -0.2) is 8.42 Å². The molecule has 0 aliphatic carbocycles. The molecule has 1 aromatic heterocycles. The lowest BCUT2D eigenvalue weighted by atomic mass is 10.3. The second-order valence-electron chi connectivity index (χ2n) is 3.57. The van der Waals surface area contributed by atoms with E-state index in [4.69, 9.17) is 11.6 Å². The van der Waals surface area contributed by atoms with E-state index in [1.807, 2.05) is 6.92 Å². The quantitative estimate of drug-likeness (QED) is 0.631. The van der Waals surface area contributed by atoms with E-state index in [1.165, 1.54) is 6.20 Å². The topological polar surface area (TPSA) is 59.1 Å². The Morgan fingerprint density at radius 3 is 2.75 bits per heavy atom. The van der Waals surface area contributed by atoms with Crippen LogP contribution in [0.3, 0.4) is 0 Å². The lowest BCUT2D eigenvalue weighted by Gasteiger charge is -2.07. The molecule has 0 aliphatic heterocycles. The first-order chi connectivity index (χ1) is 7.53. The van der Waals surface area contributed by atoms with Gasteiger partial charge in [0.25, 0.3) is 0 Å². The Morgan fingerprint density at radius 2 is 2.12 bits per heavy atom. The Hall–Kier alpha value is -0.810. The van der Waals surface area contributed by atoms with Gasteiger partial charge in [0.1, 0.15) is 0 Å². The van der Waals surface area contributed by atoms with Crippen LogP contribution >= 0.6 is 11.6 Å². The molecule has 0 radical (unpaired) electrons. The molecule has 1 N–H and O–H groups in total. The Balaban J connectivity index is 2.59. The van der Waals surface area contributed by atoms with Crippen molar-refractivity contribution in [3.63, 3.8) is 0 Å². The maximum atomic E-state index is 11.6. The molecule has 1 heterocycles. The van der Waals surface area contributed by atoms with Crippen LogP contribution in [-0.4, -0.2) is 25.0 Å². The fraction of sp³-hybridized carbons (Fsp3) is 0.500. The van der Waals surface area contributed by atoms with Crippen molar-refractivity contribution in [2.24, 2.45) is 0 Å². The number of hydrogen-bond donors (Lipinski definition) is 1. The van der Waals surface area contributed by atoms with Crippen LogP contribution in [0.1, 0.15) is 18.4 Å². The number of aromatic nitrogens is 1. The second kappa shape index (κ2) is 6.06. The molecule has 16 heavy (non-hydrogen) atoms. The molecular formula is C10H15ClN2O2S. The van der Waals surface area contributed by atoms with E-state index in [0.717, 1.165) is 5.56 Å². The van der Waals surface area contributed by atoms with Gasteiger partial charge in [0.05, 0.1) is 17.6 Å².